The summed E-state index contributed by atoms with van der Waals surface area (Å²) in [5.41, 5.74) is 1.01. The van der Waals surface area contributed by atoms with E-state index >= 15 is 0 Å². The Bertz CT molecular complexity index is 619. The monoisotopic (exact) mass is 341 g/mol. The molecular formula is C16H17Cl2NO3. The van der Waals surface area contributed by atoms with Gasteiger partial charge in [-0.1, -0.05) is 35.7 Å². The van der Waals surface area contributed by atoms with Gasteiger partial charge in [0.1, 0.15) is 0 Å². The number of nitrogens with one attached hydrogen (secondary N) is 1. The number of hydrogen-bond acceptors (Lipinski definition) is 2. The third-order valence-corrected chi connectivity index (χ3v) is 5.40. The number of carbonyl (C=O) groups excluding carboxylic acids is 1. The van der Waals surface area contributed by atoms with E-state index < -0.39 is 11.9 Å². The molecule has 0 heterocycles. The van der Waals surface area contributed by atoms with Crippen LogP contribution in [0.15, 0.2) is 18.2 Å². The summed E-state index contributed by atoms with van der Waals surface area (Å²) in [5, 5.41) is 13.1. The van der Waals surface area contributed by atoms with Crippen LogP contribution in [0.4, 0.5) is 0 Å². The van der Waals surface area contributed by atoms with E-state index in [2.05, 4.69) is 5.32 Å². The van der Waals surface area contributed by atoms with E-state index in [4.69, 9.17) is 28.3 Å². The van der Waals surface area contributed by atoms with Crippen molar-refractivity contribution in [2.45, 2.75) is 37.6 Å². The molecule has 0 aromatic heterocycles. The number of carboxylic acids is 1. The minimum Gasteiger partial charge on any atom is -0.481 e. The number of carboxylic acid groups (broad SMARTS) is 1. The average molecular weight is 342 g/mol. The molecule has 4 atom stereocenters. The van der Waals surface area contributed by atoms with Gasteiger partial charge in [0.2, 0.25) is 5.91 Å². The van der Waals surface area contributed by atoms with Crippen LogP contribution >= 0.6 is 23.2 Å². The van der Waals surface area contributed by atoms with Crippen LogP contribution in [0.25, 0.3) is 0 Å². The van der Waals surface area contributed by atoms with Crippen molar-refractivity contribution in [3.05, 3.63) is 33.8 Å². The molecular weight excluding hydrogens is 325 g/mol. The average Bonchev–Trinajstić information content (AvgIpc) is 3.14. The van der Waals surface area contributed by atoms with Gasteiger partial charge in [0.05, 0.1) is 16.0 Å². The van der Waals surface area contributed by atoms with Crippen molar-refractivity contribution in [2.24, 2.45) is 11.8 Å². The second-order valence-electron chi connectivity index (χ2n) is 6.11. The molecule has 0 saturated heterocycles. The van der Waals surface area contributed by atoms with Crippen LogP contribution in [0.3, 0.4) is 0 Å². The molecule has 1 aromatic rings. The van der Waals surface area contributed by atoms with Crippen LogP contribution in [0.1, 0.15) is 37.2 Å². The standard InChI is InChI=1S/C16H17Cl2NO3/c17-12-5-4-8(6-13(12)18)10-7-11(10)15(20)19-14-3-1-2-9(14)16(21)22/h4-6,9-11,14H,1-3,7H2,(H,19,20)(H,21,22)/t9-,10?,11?,14+/m1/s1. The highest BCUT2D eigenvalue weighted by Gasteiger charge is 2.45. The second-order valence-corrected chi connectivity index (χ2v) is 6.93. The lowest BCUT2D eigenvalue weighted by Gasteiger charge is -2.17. The molecule has 1 amide bonds. The van der Waals surface area contributed by atoms with Gasteiger partial charge in [-0.3, -0.25) is 9.59 Å². The Morgan fingerprint density at radius 1 is 1.14 bits per heavy atom. The summed E-state index contributed by atoms with van der Waals surface area (Å²) in [6.45, 7) is 0. The van der Waals surface area contributed by atoms with E-state index in [0.29, 0.717) is 16.5 Å². The lowest BCUT2D eigenvalue weighted by atomic mass is 10.0. The quantitative estimate of drug-likeness (QED) is 0.881. The molecule has 4 nitrogen and oxygen atoms in total. The molecule has 2 saturated carbocycles. The van der Waals surface area contributed by atoms with Gasteiger partial charge in [-0.15, -0.1) is 0 Å². The largest absolute Gasteiger partial charge is 0.481 e. The number of amides is 1. The number of hydrogen-bond donors (Lipinski definition) is 2. The fraction of sp³-hybridized carbons (Fsp3) is 0.500. The first-order valence-corrected chi connectivity index (χ1v) is 8.21. The Hall–Kier alpha value is -1.26. The van der Waals surface area contributed by atoms with Crippen LogP contribution in [0.5, 0.6) is 0 Å². The normalized spacial score (nSPS) is 30.1. The second kappa shape index (κ2) is 6.09. The first-order chi connectivity index (χ1) is 10.5. The highest BCUT2D eigenvalue weighted by Crippen LogP contribution is 2.48. The van der Waals surface area contributed by atoms with Gasteiger partial charge >= 0.3 is 5.97 Å². The van der Waals surface area contributed by atoms with E-state index in [9.17, 15) is 9.59 Å². The van der Waals surface area contributed by atoms with Crippen molar-refractivity contribution in [1.29, 1.82) is 0 Å². The molecule has 22 heavy (non-hydrogen) atoms. The molecule has 2 N–H and O–H groups in total. The molecule has 3 rings (SSSR count). The lowest BCUT2D eigenvalue weighted by molar-refractivity contribution is -0.142. The van der Waals surface area contributed by atoms with Crippen molar-refractivity contribution in [3.8, 4) is 0 Å². The summed E-state index contributed by atoms with van der Waals surface area (Å²) in [6.07, 6.45) is 3.01. The predicted molar refractivity (Wildman–Crippen MR) is 84.2 cm³/mol. The van der Waals surface area contributed by atoms with Gasteiger partial charge in [-0.2, -0.15) is 0 Å². The van der Waals surface area contributed by atoms with Crippen LogP contribution < -0.4 is 5.32 Å². The zero-order valence-electron chi connectivity index (χ0n) is 11.9. The Balaban J connectivity index is 1.61. The highest BCUT2D eigenvalue weighted by atomic mass is 35.5. The summed E-state index contributed by atoms with van der Waals surface area (Å²) < 4.78 is 0. The van der Waals surface area contributed by atoms with Gasteiger partial charge in [0.25, 0.3) is 0 Å². The third kappa shape index (κ3) is 3.08. The molecule has 118 valence electrons. The number of carbonyl (C=O) groups is 2. The number of aliphatic carboxylic acids is 1. The molecule has 6 heteroatoms. The molecule has 2 aliphatic carbocycles. The summed E-state index contributed by atoms with van der Waals surface area (Å²) in [5.74, 6) is -1.26. The minimum absolute atomic E-state index is 0.0470. The fourth-order valence-corrected chi connectivity index (χ4v) is 3.62. The zero-order valence-corrected chi connectivity index (χ0v) is 13.4. The summed E-state index contributed by atoms with van der Waals surface area (Å²) in [7, 11) is 0. The fourth-order valence-electron chi connectivity index (χ4n) is 3.31. The topological polar surface area (TPSA) is 66.4 Å². The summed E-state index contributed by atoms with van der Waals surface area (Å²) >= 11 is 11.9. The Morgan fingerprint density at radius 2 is 1.91 bits per heavy atom. The SMILES string of the molecule is O=C(N[C@H]1CCC[C@H]1C(=O)O)C1CC1c1ccc(Cl)c(Cl)c1. The smallest absolute Gasteiger partial charge is 0.308 e. The molecule has 1 aromatic carbocycles. The van der Waals surface area contributed by atoms with E-state index in [-0.39, 0.29) is 23.8 Å². The van der Waals surface area contributed by atoms with E-state index in [0.717, 1.165) is 24.8 Å². The highest BCUT2D eigenvalue weighted by molar-refractivity contribution is 6.42. The molecule has 0 spiro atoms. The molecule has 2 unspecified atom stereocenters. The van der Waals surface area contributed by atoms with Crippen molar-refractivity contribution in [2.75, 3.05) is 0 Å². The van der Waals surface area contributed by atoms with E-state index in [1.807, 2.05) is 6.07 Å². The minimum atomic E-state index is -0.820. The van der Waals surface area contributed by atoms with Crippen molar-refractivity contribution in [1.82, 2.24) is 5.32 Å². The molecule has 0 radical (unpaired) electrons. The number of rotatable bonds is 4. The van der Waals surface area contributed by atoms with Gasteiger partial charge in [0, 0.05) is 12.0 Å². The van der Waals surface area contributed by atoms with E-state index in [1.165, 1.54) is 0 Å². The molecule has 0 aliphatic heterocycles. The van der Waals surface area contributed by atoms with Gasteiger partial charge < -0.3 is 10.4 Å². The van der Waals surface area contributed by atoms with E-state index in [1.54, 1.807) is 12.1 Å². The van der Waals surface area contributed by atoms with Crippen LogP contribution in [-0.4, -0.2) is 23.0 Å². The summed E-state index contributed by atoms with van der Waals surface area (Å²) in [4.78, 5) is 23.5. The van der Waals surface area contributed by atoms with Gasteiger partial charge in [-0.25, -0.2) is 0 Å². The third-order valence-electron chi connectivity index (χ3n) is 4.66. The molecule has 2 fully saturated rings. The summed E-state index contributed by atoms with van der Waals surface area (Å²) in [6, 6.07) is 5.20. The van der Waals surface area contributed by atoms with Crippen LogP contribution in [0.2, 0.25) is 10.0 Å². The van der Waals surface area contributed by atoms with Gasteiger partial charge in [0.15, 0.2) is 0 Å². The van der Waals surface area contributed by atoms with Crippen molar-refractivity contribution < 1.29 is 14.7 Å². The first kappa shape index (κ1) is 15.6. The lowest BCUT2D eigenvalue weighted by Crippen LogP contribution is -2.41. The Kier molecular flexibility index (Phi) is 4.33. The van der Waals surface area contributed by atoms with Crippen LogP contribution in [0, 0.1) is 11.8 Å². The predicted octanol–water partition coefficient (Wildman–Crippen LogP) is 3.47. The Morgan fingerprint density at radius 3 is 2.59 bits per heavy atom. The molecule has 0 bridgehead atoms. The van der Waals surface area contributed by atoms with Crippen molar-refractivity contribution in [3.63, 3.8) is 0 Å². The molecule has 2 aliphatic rings. The number of halogens is 2. The van der Waals surface area contributed by atoms with Crippen LogP contribution in [-0.2, 0) is 9.59 Å². The van der Waals surface area contributed by atoms with Crippen molar-refractivity contribution >= 4 is 35.1 Å². The Labute approximate surface area is 138 Å². The first-order valence-electron chi connectivity index (χ1n) is 7.45. The number of benzene rings is 1. The van der Waals surface area contributed by atoms with Gasteiger partial charge in [-0.05, 0) is 42.9 Å². The maximum Gasteiger partial charge on any atom is 0.308 e. The zero-order chi connectivity index (χ0) is 15.9. The maximum absolute atomic E-state index is 12.3. The maximum atomic E-state index is 12.3.